The molecule has 96 valence electrons. The Labute approximate surface area is 114 Å². The zero-order valence-corrected chi connectivity index (χ0v) is 11.1. The summed E-state index contributed by atoms with van der Waals surface area (Å²) < 4.78 is 3.21. The third kappa shape index (κ3) is 2.04. The molecular formula is C12H12N6S. The van der Waals surface area contributed by atoms with Gasteiger partial charge in [-0.2, -0.15) is 9.77 Å². The molecule has 3 N–H and O–H groups in total. The number of rotatable bonds is 2. The number of nitrogens with two attached hydrogens (primary N) is 1. The van der Waals surface area contributed by atoms with Crippen LogP contribution in [0, 0.1) is 11.7 Å². The van der Waals surface area contributed by atoms with Crippen molar-refractivity contribution in [2.24, 2.45) is 0 Å². The van der Waals surface area contributed by atoms with Crippen LogP contribution in [0.25, 0.3) is 17.2 Å². The summed E-state index contributed by atoms with van der Waals surface area (Å²) in [7, 11) is 0. The van der Waals surface area contributed by atoms with E-state index in [9.17, 15) is 0 Å². The van der Waals surface area contributed by atoms with Gasteiger partial charge in [0.05, 0.1) is 5.69 Å². The first-order chi connectivity index (χ1) is 9.15. The lowest BCUT2D eigenvalue weighted by Gasteiger charge is -1.99. The first kappa shape index (κ1) is 11.7. The van der Waals surface area contributed by atoms with Crippen molar-refractivity contribution in [2.75, 3.05) is 5.84 Å². The Kier molecular flexibility index (Phi) is 2.68. The summed E-state index contributed by atoms with van der Waals surface area (Å²) in [5.41, 5.74) is 3.11. The van der Waals surface area contributed by atoms with E-state index in [1.54, 1.807) is 10.9 Å². The molecule has 19 heavy (non-hydrogen) atoms. The van der Waals surface area contributed by atoms with Crippen LogP contribution in [0.2, 0.25) is 0 Å². The second-order valence-electron chi connectivity index (χ2n) is 4.21. The molecule has 0 fully saturated rings. The Morgan fingerprint density at radius 2 is 1.95 bits per heavy atom. The number of aromatic nitrogens is 5. The molecule has 2 heterocycles. The topological polar surface area (TPSA) is 77.5 Å². The second-order valence-corrected chi connectivity index (χ2v) is 4.60. The van der Waals surface area contributed by atoms with Gasteiger partial charge in [0.1, 0.15) is 0 Å². The van der Waals surface area contributed by atoms with Crippen LogP contribution in [-0.2, 0) is 0 Å². The van der Waals surface area contributed by atoms with Crippen molar-refractivity contribution in [2.45, 2.75) is 6.92 Å². The average Bonchev–Trinajstić information content (AvgIpc) is 2.99. The summed E-state index contributed by atoms with van der Waals surface area (Å²) in [5, 5.41) is 11.1. The maximum Gasteiger partial charge on any atom is 0.269 e. The molecule has 0 aliphatic heterocycles. The van der Waals surface area contributed by atoms with Gasteiger partial charge < -0.3 is 5.84 Å². The van der Waals surface area contributed by atoms with E-state index in [1.165, 1.54) is 10.2 Å². The van der Waals surface area contributed by atoms with Crippen LogP contribution in [0.4, 0.5) is 0 Å². The van der Waals surface area contributed by atoms with Gasteiger partial charge in [0, 0.05) is 11.8 Å². The summed E-state index contributed by atoms with van der Waals surface area (Å²) in [5.74, 6) is 6.21. The Morgan fingerprint density at radius 3 is 2.58 bits per heavy atom. The van der Waals surface area contributed by atoms with Gasteiger partial charge in [-0.3, -0.25) is 0 Å². The normalized spacial score (nSPS) is 10.8. The van der Waals surface area contributed by atoms with Gasteiger partial charge in [-0.1, -0.05) is 29.8 Å². The van der Waals surface area contributed by atoms with E-state index in [1.807, 2.05) is 30.3 Å². The molecule has 0 spiro atoms. The third-order valence-corrected chi connectivity index (χ3v) is 3.12. The Balaban J connectivity index is 2.02. The predicted molar refractivity (Wildman–Crippen MR) is 74.9 cm³/mol. The van der Waals surface area contributed by atoms with E-state index >= 15 is 0 Å². The zero-order valence-electron chi connectivity index (χ0n) is 10.2. The van der Waals surface area contributed by atoms with Gasteiger partial charge in [0.2, 0.25) is 4.77 Å². The highest BCUT2D eigenvalue weighted by atomic mass is 32.1. The molecule has 3 aromatic rings. The molecule has 0 bridgehead atoms. The van der Waals surface area contributed by atoms with Gasteiger partial charge in [-0.05, 0) is 25.2 Å². The quantitative estimate of drug-likeness (QED) is 0.551. The fourth-order valence-corrected chi connectivity index (χ4v) is 1.90. The van der Waals surface area contributed by atoms with Gasteiger partial charge in [-0.25, -0.2) is 9.78 Å². The summed E-state index contributed by atoms with van der Waals surface area (Å²) in [6.07, 6.45) is 1.80. The monoisotopic (exact) mass is 272 g/mol. The predicted octanol–water partition coefficient (Wildman–Crippen LogP) is 1.82. The average molecular weight is 272 g/mol. The first-order valence-corrected chi connectivity index (χ1v) is 6.11. The van der Waals surface area contributed by atoms with Crippen LogP contribution >= 0.6 is 12.2 Å². The van der Waals surface area contributed by atoms with Crippen LogP contribution in [0.5, 0.6) is 0 Å². The molecule has 2 aromatic heterocycles. The van der Waals surface area contributed by atoms with Crippen LogP contribution in [0.15, 0.2) is 36.5 Å². The fourth-order valence-electron chi connectivity index (χ4n) is 1.77. The van der Waals surface area contributed by atoms with E-state index in [0.717, 1.165) is 11.3 Å². The molecule has 1 aromatic carbocycles. The molecule has 0 aliphatic carbocycles. The minimum Gasteiger partial charge on any atom is -0.334 e. The molecular weight excluding hydrogens is 260 g/mol. The highest BCUT2D eigenvalue weighted by Crippen LogP contribution is 2.18. The van der Waals surface area contributed by atoms with Crippen molar-refractivity contribution in [1.29, 1.82) is 0 Å². The number of nitrogens with one attached hydrogen (secondary N) is 1. The number of aromatic amines is 1. The van der Waals surface area contributed by atoms with Crippen LogP contribution in [-0.4, -0.2) is 24.7 Å². The molecule has 3 rings (SSSR count). The highest BCUT2D eigenvalue weighted by Gasteiger charge is 2.08. The minimum absolute atomic E-state index is 0.349. The lowest BCUT2D eigenvalue weighted by atomic mass is 10.1. The number of nitrogen functional groups attached to an aromatic ring is 1. The highest BCUT2D eigenvalue weighted by molar-refractivity contribution is 7.71. The smallest absolute Gasteiger partial charge is 0.269 e. The van der Waals surface area contributed by atoms with Crippen molar-refractivity contribution in [3.05, 3.63) is 46.9 Å². The third-order valence-electron chi connectivity index (χ3n) is 2.83. The van der Waals surface area contributed by atoms with Crippen molar-refractivity contribution in [3.63, 3.8) is 0 Å². The van der Waals surface area contributed by atoms with E-state index in [2.05, 4.69) is 22.2 Å². The number of hydrogen-bond donors (Lipinski definition) is 2. The van der Waals surface area contributed by atoms with Crippen LogP contribution < -0.4 is 5.84 Å². The first-order valence-electron chi connectivity index (χ1n) is 5.71. The standard InChI is InChI=1S/C12H12N6S/c1-8-2-4-9(5-3-8)10-6-7-17(16-10)11-14-15-12(19)18(11)13/h2-7H,13H2,1H3,(H,15,19). The van der Waals surface area contributed by atoms with E-state index in [4.69, 9.17) is 18.1 Å². The van der Waals surface area contributed by atoms with E-state index < -0.39 is 0 Å². The number of H-pyrrole nitrogens is 1. The Hall–Kier alpha value is -2.41. The maximum absolute atomic E-state index is 5.76. The second kappa shape index (κ2) is 4.36. The molecule has 0 amide bonds. The van der Waals surface area contributed by atoms with Gasteiger partial charge >= 0.3 is 0 Å². The lowest BCUT2D eigenvalue weighted by Crippen LogP contribution is -2.14. The molecule has 0 atom stereocenters. The molecule has 6 nitrogen and oxygen atoms in total. The maximum atomic E-state index is 5.76. The van der Waals surface area contributed by atoms with Gasteiger partial charge in [-0.15, -0.1) is 5.10 Å². The summed E-state index contributed by atoms with van der Waals surface area (Å²) in [6.45, 7) is 2.05. The summed E-state index contributed by atoms with van der Waals surface area (Å²) in [6, 6.07) is 10.1. The zero-order chi connectivity index (χ0) is 13.4. The van der Waals surface area contributed by atoms with Crippen molar-refractivity contribution < 1.29 is 0 Å². The molecule has 0 aliphatic rings. The fraction of sp³-hybridized carbons (Fsp3) is 0.0833. The van der Waals surface area contributed by atoms with Gasteiger partial charge in [0.25, 0.3) is 5.95 Å². The van der Waals surface area contributed by atoms with Crippen molar-refractivity contribution in [1.82, 2.24) is 24.7 Å². The van der Waals surface area contributed by atoms with Crippen molar-refractivity contribution >= 4 is 12.2 Å². The van der Waals surface area contributed by atoms with E-state index in [0.29, 0.717) is 10.7 Å². The van der Waals surface area contributed by atoms with Crippen molar-refractivity contribution in [3.8, 4) is 17.2 Å². The summed E-state index contributed by atoms with van der Waals surface area (Å²) in [4.78, 5) is 0. The summed E-state index contributed by atoms with van der Waals surface area (Å²) >= 11 is 4.97. The molecule has 0 saturated heterocycles. The molecule has 0 saturated carbocycles. The molecule has 7 heteroatoms. The van der Waals surface area contributed by atoms with Gasteiger partial charge in [0.15, 0.2) is 0 Å². The number of benzene rings is 1. The number of hydrogen-bond acceptors (Lipinski definition) is 4. The Morgan fingerprint density at radius 1 is 1.21 bits per heavy atom. The SMILES string of the molecule is Cc1ccc(-c2ccn(-c3n[nH]c(=S)n3N)n2)cc1. The number of aryl methyl sites for hydroxylation is 1. The molecule has 0 radical (unpaired) electrons. The lowest BCUT2D eigenvalue weighted by molar-refractivity contribution is 0.771. The largest absolute Gasteiger partial charge is 0.334 e. The van der Waals surface area contributed by atoms with Crippen LogP contribution in [0.1, 0.15) is 5.56 Å². The minimum atomic E-state index is 0.349. The van der Waals surface area contributed by atoms with Crippen LogP contribution in [0.3, 0.4) is 0 Å². The molecule has 0 unspecified atom stereocenters. The Bertz CT molecular complexity index is 764. The van der Waals surface area contributed by atoms with E-state index in [-0.39, 0.29) is 0 Å². The number of nitrogens with zero attached hydrogens (tertiary/aromatic N) is 4.